The molecule has 0 saturated heterocycles. The van der Waals surface area contributed by atoms with Gasteiger partial charge in [0.25, 0.3) is 5.91 Å². The van der Waals surface area contributed by atoms with Gasteiger partial charge in [-0.3, -0.25) is 4.79 Å². The van der Waals surface area contributed by atoms with Gasteiger partial charge in [0.05, 0.1) is 12.2 Å². The van der Waals surface area contributed by atoms with Gasteiger partial charge in [-0.25, -0.2) is 17.5 Å². The number of anilines is 1. The molecule has 2 rings (SSSR count). The predicted octanol–water partition coefficient (Wildman–Crippen LogP) is 2.76. The number of benzene rings is 1. The van der Waals surface area contributed by atoms with Crippen LogP contribution in [0.1, 0.15) is 22.8 Å². The highest BCUT2D eigenvalue weighted by Crippen LogP contribution is 2.31. The summed E-state index contributed by atoms with van der Waals surface area (Å²) in [6.07, 6.45) is 0. The molecule has 0 saturated carbocycles. The third-order valence-electron chi connectivity index (χ3n) is 3.22. The maximum Gasteiger partial charge on any atom is 0.258 e. The van der Waals surface area contributed by atoms with Crippen LogP contribution in [0, 0.1) is 12.7 Å². The summed E-state index contributed by atoms with van der Waals surface area (Å²) in [5.41, 5.74) is 0.716. The molecule has 0 radical (unpaired) electrons. The van der Waals surface area contributed by atoms with Crippen LogP contribution in [-0.4, -0.2) is 32.1 Å². The average molecular weight is 407 g/mol. The number of amides is 1. The summed E-state index contributed by atoms with van der Waals surface area (Å²) in [6.45, 7) is 2.69. The van der Waals surface area contributed by atoms with E-state index in [9.17, 15) is 17.6 Å². The van der Waals surface area contributed by atoms with Crippen molar-refractivity contribution in [3.8, 4) is 0 Å². The van der Waals surface area contributed by atoms with Crippen LogP contribution in [0.15, 0.2) is 28.5 Å². The first-order valence-electron chi connectivity index (χ1n) is 7.14. The molecular formula is C15H16ClFN2O4S2. The van der Waals surface area contributed by atoms with Crippen LogP contribution in [0.2, 0.25) is 4.34 Å². The normalized spacial score (nSPS) is 12.8. The van der Waals surface area contributed by atoms with Gasteiger partial charge in [0.15, 0.2) is 0 Å². The highest BCUT2D eigenvalue weighted by molar-refractivity contribution is 7.91. The Kier molecular flexibility index (Phi) is 6.17. The second-order valence-corrected chi connectivity index (χ2v) is 8.97. The number of carbonyl (C=O) groups is 1. The Morgan fingerprint density at radius 2 is 2.08 bits per heavy atom. The maximum atomic E-state index is 13.3. The number of aliphatic hydroxyl groups is 1. The monoisotopic (exact) mass is 406 g/mol. The van der Waals surface area contributed by atoms with E-state index in [4.69, 9.17) is 16.7 Å². The molecule has 6 nitrogen and oxygen atoms in total. The van der Waals surface area contributed by atoms with Crippen molar-refractivity contribution >= 4 is 44.6 Å². The molecule has 0 spiro atoms. The lowest BCUT2D eigenvalue weighted by Crippen LogP contribution is -2.34. The Bertz CT molecular complexity index is 899. The van der Waals surface area contributed by atoms with Crippen LogP contribution in [0.25, 0.3) is 0 Å². The van der Waals surface area contributed by atoms with Gasteiger partial charge in [-0.05, 0) is 43.7 Å². The number of thiophene rings is 1. The summed E-state index contributed by atoms with van der Waals surface area (Å²) in [6, 6.07) is 4.55. The number of aliphatic hydroxyl groups excluding tert-OH is 1. The van der Waals surface area contributed by atoms with Crippen LogP contribution in [0.4, 0.5) is 10.1 Å². The Labute approximate surface area is 153 Å². The molecule has 0 aliphatic carbocycles. The van der Waals surface area contributed by atoms with Gasteiger partial charge in [0.2, 0.25) is 10.0 Å². The van der Waals surface area contributed by atoms with Crippen LogP contribution in [0.5, 0.6) is 0 Å². The first-order chi connectivity index (χ1) is 11.6. The molecule has 3 N–H and O–H groups in total. The number of aryl methyl sites for hydroxylation is 1. The molecule has 1 aromatic heterocycles. The maximum absolute atomic E-state index is 13.3. The molecule has 1 heterocycles. The molecular weight excluding hydrogens is 391 g/mol. The van der Waals surface area contributed by atoms with Crippen molar-refractivity contribution < 1.29 is 22.7 Å². The summed E-state index contributed by atoms with van der Waals surface area (Å²) in [7, 11) is -3.90. The van der Waals surface area contributed by atoms with Crippen LogP contribution >= 0.6 is 22.9 Å². The van der Waals surface area contributed by atoms with Crippen molar-refractivity contribution in [1.29, 1.82) is 0 Å². The van der Waals surface area contributed by atoms with Crippen LogP contribution in [0.3, 0.4) is 0 Å². The van der Waals surface area contributed by atoms with Crippen molar-refractivity contribution in [2.24, 2.45) is 0 Å². The minimum atomic E-state index is -3.90. The summed E-state index contributed by atoms with van der Waals surface area (Å²) < 4.78 is 39.8. The topological polar surface area (TPSA) is 95.5 Å². The number of hydrogen-bond donors (Lipinski definition) is 3. The van der Waals surface area contributed by atoms with Gasteiger partial charge in [-0.2, -0.15) is 0 Å². The Morgan fingerprint density at radius 1 is 1.40 bits per heavy atom. The first kappa shape index (κ1) is 19.8. The lowest BCUT2D eigenvalue weighted by Gasteiger charge is -2.09. The smallest absolute Gasteiger partial charge is 0.258 e. The highest BCUT2D eigenvalue weighted by atomic mass is 35.5. The van der Waals surface area contributed by atoms with Gasteiger partial charge in [0.1, 0.15) is 14.4 Å². The van der Waals surface area contributed by atoms with E-state index in [1.807, 2.05) is 0 Å². The quantitative estimate of drug-likeness (QED) is 0.687. The third-order valence-corrected chi connectivity index (χ3v) is 6.64. The molecule has 0 aliphatic heterocycles. The molecule has 2 aromatic rings. The van der Waals surface area contributed by atoms with E-state index in [2.05, 4.69) is 10.0 Å². The number of nitrogens with one attached hydrogen (secondary N) is 2. The van der Waals surface area contributed by atoms with Crippen molar-refractivity contribution in [3.05, 3.63) is 45.5 Å². The van der Waals surface area contributed by atoms with Gasteiger partial charge >= 0.3 is 0 Å². The summed E-state index contributed by atoms with van der Waals surface area (Å²) in [5, 5.41) is 11.5. The fraction of sp³-hybridized carbons (Fsp3) is 0.267. The number of halogens is 2. The van der Waals surface area contributed by atoms with Gasteiger partial charge < -0.3 is 10.4 Å². The minimum absolute atomic E-state index is 0.00774. The van der Waals surface area contributed by atoms with Crippen molar-refractivity contribution in [3.63, 3.8) is 0 Å². The summed E-state index contributed by atoms with van der Waals surface area (Å²) in [4.78, 5) is 12.3. The molecule has 1 unspecified atom stereocenters. The summed E-state index contributed by atoms with van der Waals surface area (Å²) in [5.74, 6) is -1.01. The number of rotatable bonds is 6. The standard InChI is InChI=1S/C15H16ClFN2O4S2/c1-8-5-10(3-4-12(8)17)18-15(21)11-6-13(24-14(11)16)25(22,23)19-9(2)7-20/h3-6,9,19-20H,7H2,1-2H3,(H,18,21). The van der Waals surface area contributed by atoms with Gasteiger partial charge in [-0.1, -0.05) is 11.6 Å². The number of carbonyl (C=O) groups excluding carboxylic acids is 1. The lowest BCUT2D eigenvalue weighted by atomic mass is 10.2. The van der Waals surface area contributed by atoms with Crippen molar-refractivity contribution in [2.45, 2.75) is 24.1 Å². The highest BCUT2D eigenvalue weighted by Gasteiger charge is 2.24. The van der Waals surface area contributed by atoms with E-state index >= 15 is 0 Å². The fourth-order valence-corrected chi connectivity index (χ4v) is 4.88. The first-order valence-corrected chi connectivity index (χ1v) is 9.82. The minimum Gasteiger partial charge on any atom is -0.395 e. The average Bonchev–Trinajstić information content (AvgIpc) is 2.93. The molecule has 1 amide bonds. The van der Waals surface area contributed by atoms with Gasteiger partial charge in [-0.15, -0.1) is 11.3 Å². The molecule has 10 heteroatoms. The summed E-state index contributed by atoms with van der Waals surface area (Å²) >= 11 is 6.73. The predicted molar refractivity (Wildman–Crippen MR) is 95.3 cm³/mol. The van der Waals surface area contributed by atoms with E-state index in [0.717, 1.165) is 17.4 Å². The second kappa shape index (κ2) is 7.79. The molecule has 25 heavy (non-hydrogen) atoms. The molecule has 136 valence electrons. The number of sulfonamides is 1. The zero-order chi connectivity index (χ0) is 18.8. The SMILES string of the molecule is Cc1cc(NC(=O)c2cc(S(=O)(=O)NC(C)CO)sc2Cl)ccc1F. The van der Waals surface area contributed by atoms with E-state index in [0.29, 0.717) is 11.3 Å². The van der Waals surface area contributed by atoms with Gasteiger partial charge in [0, 0.05) is 11.7 Å². The molecule has 0 fully saturated rings. The Hall–Kier alpha value is -1.52. The van der Waals surface area contributed by atoms with Crippen molar-refractivity contribution in [1.82, 2.24) is 4.72 Å². The largest absolute Gasteiger partial charge is 0.395 e. The van der Waals surface area contributed by atoms with E-state index in [-0.39, 0.29) is 20.7 Å². The number of hydrogen-bond acceptors (Lipinski definition) is 5. The molecule has 0 aliphatic rings. The zero-order valence-electron chi connectivity index (χ0n) is 13.3. The van der Waals surface area contributed by atoms with Crippen LogP contribution in [-0.2, 0) is 10.0 Å². The molecule has 1 aromatic carbocycles. The zero-order valence-corrected chi connectivity index (χ0v) is 15.7. The van der Waals surface area contributed by atoms with Crippen LogP contribution < -0.4 is 10.0 Å². The van der Waals surface area contributed by atoms with E-state index in [1.165, 1.54) is 25.1 Å². The van der Waals surface area contributed by atoms with Crippen molar-refractivity contribution in [2.75, 3.05) is 11.9 Å². The molecule has 0 bridgehead atoms. The van der Waals surface area contributed by atoms with E-state index in [1.54, 1.807) is 6.92 Å². The lowest BCUT2D eigenvalue weighted by molar-refractivity contribution is 0.102. The Morgan fingerprint density at radius 3 is 2.68 bits per heavy atom. The fourth-order valence-electron chi connectivity index (χ4n) is 1.92. The van der Waals surface area contributed by atoms with E-state index < -0.39 is 27.8 Å². The molecule has 1 atom stereocenters. The second-order valence-electron chi connectivity index (χ2n) is 5.38. The third kappa shape index (κ3) is 4.77. The Balaban J connectivity index is 2.24.